The summed E-state index contributed by atoms with van der Waals surface area (Å²) in [5, 5.41) is 11.1. The molecule has 4 nitrogen and oxygen atoms in total. The Morgan fingerprint density at radius 3 is 2.76 bits per heavy atom. The summed E-state index contributed by atoms with van der Waals surface area (Å²) in [4.78, 5) is 11.6. The fourth-order valence-electron chi connectivity index (χ4n) is 1.29. The highest BCUT2D eigenvalue weighted by Gasteiger charge is 2.29. The van der Waals surface area contributed by atoms with Crippen LogP contribution in [0.4, 0.5) is 13.2 Å². The average Bonchev–Trinajstić information content (AvgIpc) is 2.62. The third-order valence-corrected chi connectivity index (χ3v) is 2.06. The van der Waals surface area contributed by atoms with Crippen molar-refractivity contribution in [1.29, 1.82) is 0 Å². The van der Waals surface area contributed by atoms with Crippen LogP contribution in [0.2, 0.25) is 0 Å². The van der Waals surface area contributed by atoms with Crippen molar-refractivity contribution in [3.8, 4) is 0 Å². The molecule has 0 saturated carbocycles. The van der Waals surface area contributed by atoms with E-state index in [1.807, 2.05) is 0 Å². The SMILES string of the molecule is C[C@H](CO)NC(=O)c1cccn1CC(F)(F)F. The van der Waals surface area contributed by atoms with Crippen LogP contribution in [-0.2, 0) is 6.54 Å². The number of halogens is 3. The maximum absolute atomic E-state index is 12.2. The molecule has 2 N–H and O–H groups in total. The van der Waals surface area contributed by atoms with Gasteiger partial charge >= 0.3 is 6.18 Å². The van der Waals surface area contributed by atoms with Crippen LogP contribution >= 0.6 is 0 Å². The summed E-state index contributed by atoms with van der Waals surface area (Å²) in [5.74, 6) is -0.638. The molecule has 1 amide bonds. The normalized spacial score (nSPS) is 13.5. The van der Waals surface area contributed by atoms with Gasteiger partial charge in [0.05, 0.1) is 6.61 Å². The highest BCUT2D eigenvalue weighted by atomic mass is 19.4. The lowest BCUT2D eigenvalue weighted by atomic mass is 10.3. The van der Waals surface area contributed by atoms with Crippen LogP contribution in [0.5, 0.6) is 0 Å². The van der Waals surface area contributed by atoms with Crippen LogP contribution < -0.4 is 5.32 Å². The topological polar surface area (TPSA) is 54.3 Å². The first-order valence-corrected chi connectivity index (χ1v) is 4.97. The number of amides is 1. The highest BCUT2D eigenvalue weighted by Crippen LogP contribution is 2.19. The summed E-state index contributed by atoms with van der Waals surface area (Å²) in [6.45, 7) is 0.0664. The van der Waals surface area contributed by atoms with Crippen LogP contribution in [0, 0.1) is 0 Å². The van der Waals surface area contributed by atoms with E-state index in [1.54, 1.807) is 6.92 Å². The van der Waals surface area contributed by atoms with Gasteiger partial charge in [-0.1, -0.05) is 0 Å². The van der Waals surface area contributed by atoms with Crippen LogP contribution in [0.3, 0.4) is 0 Å². The van der Waals surface area contributed by atoms with Gasteiger partial charge in [-0.3, -0.25) is 4.79 Å². The number of aliphatic hydroxyl groups is 1. The van der Waals surface area contributed by atoms with E-state index < -0.39 is 24.7 Å². The van der Waals surface area contributed by atoms with E-state index in [9.17, 15) is 18.0 Å². The molecule has 0 spiro atoms. The number of hydrogen-bond acceptors (Lipinski definition) is 2. The van der Waals surface area contributed by atoms with E-state index in [4.69, 9.17) is 5.11 Å². The third kappa shape index (κ3) is 4.10. The van der Waals surface area contributed by atoms with Gasteiger partial charge in [-0.25, -0.2) is 0 Å². The van der Waals surface area contributed by atoms with E-state index in [1.165, 1.54) is 18.3 Å². The van der Waals surface area contributed by atoms with Crippen LogP contribution in [-0.4, -0.2) is 34.4 Å². The highest BCUT2D eigenvalue weighted by molar-refractivity contribution is 5.92. The Morgan fingerprint density at radius 1 is 1.59 bits per heavy atom. The molecule has 0 unspecified atom stereocenters. The molecule has 0 fully saturated rings. The van der Waals surface area contributed by atoms with E-state index >= 15 is 0 Å². The van der Waals surface area contributed by atoms with Crippen molar-refractivity contribution >= 4 is 5.91 Å². The molecule has 96 valence electrons. The quantitative estimate of drug-likeness (QED) is 0.842. The minimum atomic E-state index is -4.38. The van der Waals surface area contributed by atoms with Crippen molar-refractivity contribution < 1.29 is 23.1 Å². The van der Waals surface area contributed by atoms with Gasteiger partial charge < -0.3 is 15.0 Å². The maximum atomic E-state index is 12.2. The predicted octanol–water partition coefficient (Wildman–Crippen LogP) is 1.16. The molecule has 0 aliphatic carbocycles. The number of hydrogen-bond donors (Lipinski definition) is 2. The Kier molecular flexibility index (Phi) is 4.17. The number of aliphatic hydroxyl groups excluding tert-OH is 1. The number of aromatic nitrogens is 1. The lowest BCUT2D eigenvalue weighted by molar-refractivity contribution is -0.140. The van der Waals surface area contributed by atoms with Gasteiger partial charge in [-0.05, 0) is 19.1 Å². The second-order valence-corrected chi connectivity index (χ2v) is 3.69. The van der Waals surface area contributed by atoms with Gasteiger partial charge in [0, 0.05) is 12.2 Å². The zero-order valence-corrected chi connectivity index (χ0v) is 9.16. The fraction of sp³-hybridized carbons (Fsp3) is 0.500. The molecule has 1 atom stereocenters. The largest absolute Gasteiger partial charge is 0.406 e. The fourth-order valence-corrected chi connectivity index (χ4v) is 1.29. The minimum absolute atomic E-state index is 0.0809. The standard InChI is InChI=1S/C10H13F3N2O2/c1-7(5-16)14-9(17)8-3-2-4-15(8)6-10(11,12)13/h2-4,7,16H,5-6H2,1H3,(H,14,17)/t7-/m1/s1. The van der Waals surface area contributed by atoms with Gasteiger partial charge in [0.2, 0.25) is 0 Å². The molecule has 0 radical (unpaired) electrons. The maximum Gasteiger partial charge on any atom is 0.406 e. The second kappa shape index (κ2) is 5.22. The Balaban J connectivity index is 2.78. The van der Waals surface area contributed by atoms with Gasteiger partial charge in [-0.15, -0.1) is 0 Å². The zero-order valence-electron chi connectivity index (χ0n) is 9.16. The molecular weight excluding hydrogens is 237 g/mol. The smallest absolute Gasteiger partial charge is 0.394 e. The molecular formula is C10H13F3N2O2. The van der Waals surface area contributed by atoms with E-state index in [2.05, 4.69) is 5.32 Å². The van der Waals surface area contributed by atoms with Gasteiger partial charge in [-0.2, -0.15) is 13.2 Å². The first kappa shape index (κ1) is 13.6. The Labute approximate surface area is 96.0 Å². The van der Waals surface area contributed by atoms with E-state index in [0.717, 1.165) is 4.57 Å². The zero-order chi connectivity index (χ0) is 13.1. The number of nitrogens with one attached hydrogen (secondary N) is 1. The second-order valence-electron chi connectivity index (χ2n) is 3.69. The molecule has 1 aromatic rings. The van der Waals surface area contributed by atoms with Crippen molar-refractivity contribution in [2.75, 3.05) is 6.61 Å². The average molecular weight is 250 g/mol. The molecule has 1 rings (SSSR count). The lowest BCUT2D eigenvalue weighted by Gasteiger charge is -2.14. The summed E-state index contributed by atoms with van der Waals surface area (Å²) in [7, 11) is 0. The van der Waals surface area contributed by atoms with Crippen molar-refractivity contribution in [3.05, 3.63) is 24.0 Å². The van der Waals surface area contributed by atoms with Crippen molar-refractivity contribution in [2.45, 2.75) is 25.7 Å². The molecule has 1 aromatic heterocycles. The summed E-state index contributed by atoms with van der Waals surface area (Å²) in [6.07, 6.45) is -3.19. The lowest BCUT2D eigenvalue weighted by Crippen LogP contribution is -2.36. The monoisotopic (exact) mass is 250 g/mol. The molecule has 0 saturated heterocycles. The van der Waals surface area contributed by atoms with E-state index in [0.29, 0.717) is 0 Å². The molecule has 0 aromatic carbocycles. The van der Waals surface area contributed by atoms with E-state index in [-0.39, 0.29) is 12.3 Å². The molecule has 0 aliphatic heterocycles. The molecule has 17 heavy (non-hydrogen) atoms. The third-order valence-electron chi connectivity index (χ3n) is 2.06. The number of alkyl halides is 3. The Hall–Kier alpha value is -1.50. The van der Waals surface area contributed by atoms with Crippen LogP contribution in [0.15, 0.2) is 18.3 Å². The van der Waals surface area contributed by atoms with Crippen LogP contribution in [0.25, 0.3) is 0 Å². The van der Waals surface area contributed by atoms with Crippen molar-refractivity contribution in [3.63, 3.8) is 0 Å². The first-order chi connectivity index (χ1) is 7.83. The minimum Gasteiger partial charge on any atom is -0.394 e. The number of rotatable bonds is 4. The van der Waals surface area contributed by atoms with Gasteiger partial charge in [0.1, 0.15) is 12.2 Å². The Bertz CT molecular complexity index is 387. The molecule has 7 heteroatoms. The molecule has 1 heterocycles. The number of carbonyl (C=O) groups excluding carboxylic acids is 1. The summed E-state index contributed by atoms with van der Waals surface area (Å²) < 4.78 is 37.4. The predicted molar refractivity (Wildman–Crippen MR) is 54.5 cm³/mol. The first-order valence-electron chi connectivity index (χ1n) is 4.97. The van der Waals surface area contributed by atoms with Gasteiger partial charge in [0.15, 0.2) is 0 Å². The summed E-state index contributed by atoms with van der Waals surface area (Å²) in [6, 6.07) is 2.16. The summed E-state index contributed by atoms with van der Waals surface area (Å²) >= 11 is 0. The summed E-state index contributed by atoms with van der Waals surface area (Å²) in [5.41, 5.74) is -0.0809. The van der Waals surface area contributed by atoms with Crippen molar-refractivity contribution in [1.82, 2.24) is 9.88 Å². The molecule has 0 aliphatic rings. The van der Waals surface area contributed by atoms with Crippen molar-refractivity contribution in [2.24, 2.45) is 0 Å². The van der Waals surface area contributed by atoms with Gasteiger partial charge in [0.25, 0.3) is 5.91 Å². The Morgan fingerprint density at radius 2 is 2.24 bits per heavy atom. The number of nitrogens with zero attached hydrogens (tertiary/aromatic N) is 1. The molecule has 0 bridgehead atoms. The van der Waals surface area contributed by atoms with Crippen LogP contribution in [0.1, 0.15) is 17.4 Å². The number of carbonyl (C=O) groups is 1.